The van der Waals surface area contributed by atoms with Crippen LogP contribution in [0.25, 0.3) is 0 Å². The average Bonchev–Trinajstić information content (AvgIpc) is 1.81. The molecule has 0 rings (SSSR count). The van der Waals surface area contributed by atoms with Crippen LogP contribution in [0.2, 0.25) is 18.1 Å². The fraction of sp³-hybridized carbons (Fsp3) is 0.875. The van der Waals surface area contributed by atoms with E-state index >= 15 is 0 Å². The molecule has 0 aliphatic carbocycles. The summed E-state index contributed by atoms with van der Waals surface area (Å²) < 4.78 is 12.2. The van der Waals surface area contributed by atoms with Gasteiger partial charge in [0.2, 0.25) is 0 Å². The zero-order valence-electron chi connectivity index (χ0n) is 9.02. The average molecular weight is 175 g/mol. The van der Waals surface area contributed by atoms with E-state index in [-0.39, 0.29) is 11.6 Å². The smallest absolute Gasteiger partial charge is 0.192 e. The van der Waals surface area contributed by atoms with Crippen molar-refractivity contribution < 1.29 is 10.6 Å². The first-order valence-corrected chi connectivity index (χ1v) is 6.71. The van der Waals surface area contributed by atoms with Crippen molar-refractivity contribution in [1.29, 1.82) is 0 Å². The normalized spacial score (nSPS) is 14.5. The van der Waals surface area contributed by atoms with E-state index in [1.54, 1.807) is 0 Å². The van der Waals surface area contributed by atoms with Gasteiger partial charge in [-0.2, -0.15) is 0 Å². The van der Waals surface area contributed by atoms with Gasteiger partial charge in [-0.05, 0) is 18.1 Å². The minimum Gasteiger partial charge on any atom is -0.410 e. The molecule has 0 radical (unpaired) electrons. The Hall–Kier alpha value is -0.153. The Morgan fingerprint density at radius 3 is 2.27 bits per heavy atom. The lowest BCUT2D eigenvalue weighted by Crippen LogP contribution is -2.41. The van der Waals surface area contributed by atoms with Crippen molar-refractivity contribution in [1.82, 2.24) is 0 Å². The molecule has 0 bridgehead atoms. The first-order valence-electron chi connectivity index (χ1n) is 4.30. The van der Waals surface area contributed by atoms with Crippen molar-refractivity contribution in [2.75, 3.05) is 6.61 Å². The highest BCUT2D eigenvalue weighted by Crippen LogP contribution is 2.36. The molecule has 0 N–H and O–H groups in total. The number of rotatable bonds is 3. The van der Waals surface area contributed by atoms with Crippen LogP contribution in [0.15, 0.2) is 0 Å². The number of hydrogen-bond donors (Lipinski definition) is 0. The lowest BCUT2D eigenvalue weighted by Gasteiger charge is -2.35. The standard InChI is InChI=1S/C8H18O2Si/c1-8(2,3)11(4,5)10-7-6-9/h6H,7H2,1-5H3/i6D. The van der Waals surface area contributed by atoms with Crippen molar-refractivity contribution in [3.63, 3.8) is 0 Å². The van der Waals surface area contributed by atoms with E-state index in [1.807, 2.05) is 0 Å². The van der Waals surface area contributed by atoms with Gasteiger partial charge in [0.15, 0.2) is 8.32 Å². The summed E-state index contributed by atoms with van der Waals surface area (Å²) in [7, 11) is -1.81. The molecule has 0 aliphatic rings. The van der Waals surface area contributed by atoms with Crippen LogP contribution in [0.3, 0.4) is 0 Å². The molecule has 0 amide bonds. The van der Waals surface area contributed by atoms with E-state index in [0.717, 1.165) is 0 Å². The van der Waals surface area contributed by atoms with Crippen molar-refractivity contribution in [2.24, 2.45) is 0 Å². The monoisotopic (exact) mass is 175 g/mol. The number of carbonyl (C=O) groups is 1. The summed E-state index contributed by atoms with van der Waals surface area (Å²) >= 11 is 0. The van der Waals surface area contributed by atoms with Crippen LogP contribution in [0, 0.1) is 0 Å². The van der Waals surface area contributed by atoms with Crippen LogP contribution in [-0.4, -0.2) is 21.2 Å². The third kappa shape index (κ3) is 3.16. The number of aldehydes is 1. The van der Waals surface area contributed by atoms with Gasteiger partial charge in [-0.25, -0.2) is 0 Å². The molecule has 11 heavy (non-hydrogen) atoms. The van der Waals surface area contributed by atoms with Crippen LogP contribution in [-0.2, 0) is 9.22 Å². The van der Waals surface area contributed by atoms with Gasteiger partial charge in [-0.15, -0.1) is 0 Å². The highest BCUT2D eigenvalue weighted by atomic mass is 28.4. The summed E-state index contributed by atoms with van der Waals surface area (Å²) in [5.41, 5.74) is 0. The minimum absolute atomic E-state index is 0.0590. The lowest BCUT2D eigenvalue weighted by atomic mass is 10.2. The molecule has 0 aromatic rings. The van der Waals surface area contributed by atoms with E-state index in [1.165, 1.54) is 0 Å². The molecule has 0 saturated carbocycles. The molecule has 3 heteroatoms. The summed E-state index contributed by atoms with van der Waals surface area (Å²) in [4.78, 5) is 10.4. The zero-order valence-corrected chi connectivity index (χ0v) is 9.02. The fourth-order valence-electron chi connectivity index (χ4n) is 0.426. The van der Waals surface area contributed by atoms with E-state index in [4.69, 9.17) is 5.80 Å². The predicted molar refractivity (Wildman–Crippen MR) is 49.2 cm³/mol. The summed E-state index contributed by atoms with van der Waals surface area (Å²) in [6.45, 7) is 10.4. The lowest BCUT2D eigenvalue weighted by molar-refractivity contribution is -0.109. The second-order valence-corrected chi connectivity index (χ2v) is 9.00. The largest absolute Gasteiger partial charge is 0.410 e. The number of carbonyl (C=O) groups excluding carboxylic acids is 1. The van der Waals surface area contributed by atoms with Gasteiger partial charge in [0, 0.05) is 0 Å². The second-order valence-electron chi connectivity index (χ2n) is 4.19. The molecule has 0 aliphatic heterocycles. The maximum absolute atomic E-state index is 10.4. The molecular weight excluding hydrogens is 156 g/mol. The molecule has 0 unspecified atom stereocenters. The minimum atomic E-state index is -1.81. The molecule has 0 heterocycles. The molecule has 0 atom stereocenters. The summed E-state index contributed by atoms with van der Waals surface area (Å²) in [6.07, 6.45) is -0.639. The second kappa shape index (κ2) is 3.50. The molecule has 0 aromatic heterocycles. The van der Waals surface area contributed by atoms with Crippen molar-refractivity contribution in [2.45, 2.75) is 38.9 Å². The van der Waals surface area contributed by atoms with Gasteiger partial charge in [-0.3, -0.25) is 0 Å². The van der Waals surface area contributed by atoms with Gasteiger partial charge >= 0.3 is 0 Å². The first-order chi connectivity index (χ1) is 5.17. The molecule has 2 nitrogen and oxygen atoms in total. The quantitative estimate of drug-likeness (QED) is 0.485. The van der Waals surface area contributed by atoms with Gasteiger partial charge in [0.05, 0.1) is 6.61 Å². The molecule has 66 valence electrons. The van der Waals surface area contributed by atoms with Gasteiger partial charge in [0.25, 0.3) is 0 Å². The van der Waals surface area contributed by atoms with E-state index < -0.39 is 14.6 Å². The summed E-state index contributed by atoms with van der Waals surface area (Å²) in [6, 6.07) is 0. The molecule has 0 aromatic carbocycles. The Morgan fingerprint density at radius 1 is 1.55 bits per heavy atom. The van der Waals surface area contributed by atoms with Gasteiger partial charge in [0.1, 0.15) is 7.63 Å². The molecule has 0 spiro atoms. The third-order valence-electron chi connectivity index (χ3n) is 2.30. The molecule has 0 saturated heterocycles. The number of hydrogen-bond acceptors (Lipinski definition) is 2. The maximum Gasteiger partial charge on any atom is 0.192 e. The van der Waals surface area contributed by atoms with Crippen molar-refractivity contribution in [3.8, 4) is 0 Å². The fourth-order valence-corrected chi connectivity index (χ4v) is 1.28. The Morgan fingerprint density at radius 2 is 2.00 bits per heavy atom. The Kier molecular flexibility index (Phi) is 2.84. The Bertz CT molecular complexity index is 172. The molecular formula is C8H18O2Si. The van der Waals surface area contributed by atoms with E-state index in [9.17, 15) is 4.79 Å². The maximum atomic E-state index is 10.4. The van der Waals surface area contributed by atoms with Crippen LogP contribution in [0.4, 0.5) is 0 Å². The Balaban J connectivity index is 4.14. The van der Waals surface area contributed by atoms with Crippen LogP contribution in [0.1, 0.15) is 22.1 Å². The van der Waals surface area contributed by atoms with Crippen molar-refractivity contribution >= 4 is 14.6 Å². The van der Waals surface area contributed by atoms with E-state index in [2.05, 4.69) is 33.9 Å². The first kappa shape index (κ1) is 8.94. The highest BCUT2D eigenvalue weighted by Gasteiger charge is 2.36. The van der Waals surface area contributed by atoms with Crippen LogP contribution >= 0.6 is 0 Å². The van der Waals surface area contributed by atoms with Gasteiger partial charge in [-0.1, -0.05) is 20.8 Å². The van der Waals surface area contributed by atoms with Crippen LogP contribution < -0.4 is 0 Å². The zero-order chi connectivity index (χ0) is 9.99. The van der Waals surface area contributed by atoms with Crippen LogP contribution in [0.5, 0.6) is 0 Å². The summed E-state index contributed by atoms with van der Waals surface area (Å²) in [5, 5.41) is 0.114. The summed E-state index contributed by atoms with van der Waals surface area (Å²) in [5.74, 6) is 0. The van der Waals surface area contributed by atoms with Crippen molar-refractivity contribution in [3.05, 3.63) is 0 Å². The molecule has 0 fully saturated rings. The third-order valence-corrected chi connectivity index (χ3v) is 6.78. The predicted octanol–water partition coefficient (Wildman–Crippen LogP) is 2.21. The highest BCUT2D eigenvalue weighted by molar-refractivity contribution is 6.74. The van der Waals surface area contributed by atoms with Gasteiger partial charge < -0.3 is 9.22 Å². The Labute approximate surface area is 71.5 Å². The van der Waals surface area contributed by atoms with E-state index in [0.29, 0.717) is 0 Å². The topological polar surface area (TPSA) is 26.3 Å². The SMILES string of the molecule is [2H]C(=O)CO[Si](C)(C)C(C)(C)C.